The maximum absolute atomic E-state index is 12.7. The summed E-state index contributed by atoms with van der Waals surface area (Å²) in [6.45, 7) is 0.0147. The molecule has 0 aliphatic heterocycles. The number of hydrogen-bond donors (Lipinski definition) is 1. The van der Waals surface area contributed by atoms with Crippen molar-refractivity contribution in [1.29, 1.82) is 5.26 Å². The number of ether oxygens (including phenoxy) is 2. The maximum atomic E-state index is 12.7. The Hall–Kier alpha value is -4.39. The molecule has 36 heavy (non-hydrogen) atoms. The molecule has 0 bridgehead atoms. The summed E-state index contributed by atoms with van der Waals surface area (Å²) in [5.74, 6) is -1.06. The van der Waals surface area contributed by atoms with Gasteiger partial charge in [-0.3, -0.25) is 14.9 Å². The number of nitro groups is 1. The Morgan fingerprint density at radius 1 is 1.11 bits per heavy atom. The molecule has 0 aliphatic rings. The third-order valence-corrected chi connectivity index (χ3v) is 5.30. The monoisotopic (exact) mass is 525 g/mol. The van der Waals surface area contributed by atoms with Gasteiger partial charge in [-0.1, -0.05) is 23.2 Å². The molecular weight excluding hydrogens is 509 g/mol. The van der Waals surface area contributed by atoms with Crippen LogP contribution in [0.3, 0.4) is 0 Å². The van der Waals surface area contributed by atoms with E-state index in [1.807, 2.05) is 6.07 Å². The number of rotatable bonds is 8. The van der Waals surface area contributed by atoms with Crippen LogP contribution in [-0.4, -0.2) is 23.9 Å². The van der Waals surface area contributed by atoms with Crippen LogP contribution in [-0.2, 0) is 16.1 Å². The molecule has 3 rings (SSSR count). The van der Waals surface area contributed by atoms with Crippen LogP contribution in [0.15, 0.2) is 66.2 Å². The van der Waals surface area contributed by atoms with Gasteiger partial charge in [0.1, 0.15) is 24.0 Å². The number of methoxy groups -OCH3 is 1. The van der Waals surface area contributed by atoms with E-state index in [0.717, 1.165) is 0 Å². The molecule has 0 aliphatic carbocycles. The SMILES string of the molecule is COC(=O)c1ccc(NC(=O)/C(C#N)=C/c2cc(Cl)cc(Cl)c2OCc2ccc([N+](=O)[O-])cc2)cc1. The van der Waals surface area contributed by atoms with Crippen molar-refractivity contribution in [3.8, 4) is 11.8 Å². The first-order valence-electron chi connectivity index (χ1n) is 10.2. The summed E-state index contributed by atoms with van der Waals surface area (Å²) in [5.41, 5.74) is 1.25. The van der Waals surface area contributed by atoms with Crippen molar-refractivity contribution >= 4 is 52.5 Å². The van der Waals surface area contributed by atoms with Crippen molar-refractivity contribution in [3.05, 3.63) is 103 Å². The predicted molar refractivity (Wildman–Crippen MR) is 134 cm³/mol. The third kappa shape index (κ3) is 6.60. The molecule has 0 unspecified atom stereocenters. The van der Waals surface area contributed by atoms with E-state index in [2.05, 4.69) is 10.1 Å². The average molecular weight is 526 g/mol. The molecule has 0 heterocycles. The van der Waals surface area contributed by atoms with Crippen molar-refractivity contribution in [3.63, 3.8) is 0 Å². The molecule has 1 amide bonds. The standard InChI is InChI=1S/C25H17Cl2N3O6/c1-35-25(32)16-4-6-20(7-5-16)29-24(31)18(13-28)10-17-11-19(26)12-22(27)23(17)36-14-15-2-8-21(9-3-15)30(33)34/h2-12H,14H2,1H3,(H,29,31)/b18-10+. The number of carbonyl (C=O) groups is 2. The Morgan fingerprint density at radius 2 is 1.78 bits per heavy atom. The fourth-order valence-electron chi connectivity index (χ4n) is 3.02. The van der Waals surface area contributed by atoms with Crippen LogP contribution in [0.5, 0.6) is 5.75 Å². The van der Waals surface area contributed by atoms with Crippen molar-refractivity contribution in [2.75, 3.05) is 12.4 Å². The Bertz CT molecular complexity index is 1380. The van der Waals surface area contributed by atoms with Gasteiger partial charge in [-0.05, 0) is 60.2 Å². The van der Waals surface area contributed by atoms with Crippen LogP contribution in [0.4, 0.5) is 11.4 Å². The van der Waals surface area contributed by atoms with Gasteiger partial charge in [0.2, 0.25) is 0 Å². The highest BCUT2D eigenvalue weighted by molar-refractivity contribution is 6.36. The second kappa shape index (κ2) is 11.8. The molecule has 0 spiro atoms. The number of esters is 1. The highest BCUT2D eigenvalue weighted by Gasteiger charge is 2.15. The number of amides is 1. The third-order valence-electron chi connectivity index (χ3n) is 4.80. The fraction of sp³-hybridized carbons (Fsp3) is 0.0800. The molecule has 1 N–H and O–H groups in total. The predicted octanol–water partition coefficient (Wildman–Crippen LogP) is 5.81. The zero-order chi connectivity index (χ0) is 26.2. The van der Waals surface area contributed by atoms with Crippen molar-refractivity contribution in [1.82, 2.24) is 0 Å². The minimum absolute atomic E-state index is 0.0147. The number of nitrogens with one attached hydrogen (secondary N) is 1. The summed E-state index contributed by atoms with van der Waals surface area (Å²) in [7, 11) is 1.26. The first-order valence-corrected chi connectivity index (χ1v) is 10.9. The summed E-state index contributed by atoms with van der Waals surface area (Å²) in [4.78, 5) is 34.6. The first-order chi connectivity index (χ1) is 17.2. The Morgan fingerprint density at radius 3 is 2.36 bits per heavy atom. The van der Waals surface area contributed by atoms with Gasteiger partial charge < -0.3 is 14.8 Å². The minimum Gasteiger partial charge on any atom is -0.487 e. The summed E-state index contributed by atoms with van der Waals surface area (Å²) in [6, 6.07) is 16.5. The summed E-state index contributed by atoms with van der Waals surface area (Å²) < 4.78 is 10.4. The van der Waals surface area contributed by atoms with Crippen LogP contribution in [0.25, 0.3) is 6.08 Å². The smallest absolute Gasteiger partial charge is 0.337 e. The molecule has 3 aromatic rings. The van der Waals surface area contributed by atoms with Gasteiger partial charge in [-0.25, -0.2) is 4.79 Å². The molecule has 9 nitrogen and oxygen atoms in total. The summed E-state index contributed by atoms with van der Waals surface area (Å²) in [6.07, 6.45) is 1.28. The molecule has 0 saturated carbocycles. The molecule has 0 atom stereocenters. The Labute approximate surface area is 215 Å². The highest BCUT2D eigenvalue weighted by Crippen LogP contribution is 2.34. The van der Waals surface area contributed by atoms with Crippen molar-refractivity contribution < 1.29 is 24.0 Å². The van der Waals surface area contributed by atoms with Crippen LogP contribution >= 0.6 is 23.2 Å². The van der Waals surface area contributed by atoms with E-state index in [1.54, 1.807) is 0 Å². The average Bonchev–Trinajstić information content (AvgIpc) is 2.86. The lowest BCUT2D eigenvalue weighted by Gasteiger charge is -2.13. The van der Waals surface area contributed by atoms with Crippen LogP contribution in [0, 0.1) is 21.4 Å². The van der Waals surface area contributed by atoms with E-state index in [9.17, 15) is 25.0 Å². The van der Waals surface area contributed by atoms with Gasteiger partial charge in [0.05, 0.1) is 22.6 Å². The molecule has 11 heteroatoms. The van der Waals surface area contributed by atoms with Crippen LogP contribution < -0.4 is 10.1 Å². The van der Waals surface area contributed by atoms with Gasteiger partial charge in [0, 0.05) is 28.4 Å². The number of nitrogens with zero attached hydrogens (tertiary/aromatic N) is 2. The number of halogens is 2. The normalized spacial score (nSPS) is 10.8. The summed E-state index contributed by atoms with van der Waals surface area (Å²) in [5, 5.41) is 23.4. The molecule has 0 fully saturated rings. The fourth-order valence-corrected chi connectivity index (χ4v) is 3.58. The van der Waals surface area contributed by atoms with Gasteiger partial charge in [-0.15, -0.1) is 0 Å². The van der Waals surface area contributed by atoms with Crippen LogP contribution in [0.2, 0.25) is 10.0 Å². The number of anilines is 1. The highest BCUT2D eigenvalue weighted by atomic mass is 35.5. The van der Waals surface area contributed by atoms with Crippen LogP contribution in [0.1, 0.15) is 21.5 Å². The second-order valence-corrected chi connectivity index (χ2v) is 8.05. The first kappa shape index (κ1) is 26.2. The zero-order valence-electron chi connectivity index (χ0n) is 18.7. The Kier molecular flexibility index (Phi) is 8.62. The molecular formula is C25H17Cl2N3O6. The number of nitriles is 1. The number of carbonyl (C=O) groups excluding carboxylic acids is 2. The van der Waals surface area contributed by atoms with E-state index in [0.29, 0.717) is 16.8 Å². The largest absolute Gasteiger partial charge is 0.487 e. The van der Waals surface area contributed by atoms with E-state index >= 15 is 0 Å². The van der Waals surface area contributed by atoms with E-state index in [4.69, 9.17) is 27.9 Å². The second-order valence-electron chi connectivity index (χ2n) is 7.21. The Balaban J connectivity index is 1.83. The van der Waals surface area contributed by atoms with E-state index < -0.39 is 16.8 Å². The molecule has 0 radical (unpaired) electrons. The maximum Gasteiger partial charge on any atom is 0.337 e. The molecule has 182 valence electrons. The van der Waals surface area contributed by atoms with Crippen molar-refractivity contribution in [2.24, 2.45) is 0 Å². The van der Waals surface area contributed by atoms with Gasteiger partial charge >= 0.3 is 5.97 Å². The quantitative estimate of drug-likeness (QED) is 0.129. The van der Waals surface area contributed by atoms with E-state index in [1.165, 1.54) is 73.8 Å². The molecule has 0 saturated heterocycles. The molecule has 0 aromatic heterocycles. The van der Waals surface area contributed by atoms with E-state index in [-0.39, 0.29) is 39.2 Å². The summed E-state index contributed by atoms with van der Waals surface area (Å²) >= 11 is 12.4. The van der Waals surface area contributed by atoms with Gasteiger partial charge in [-0.2, -0.15) is 5.26 Å². The number of benzene rings is 3. The lowest BCUT2D eigenvalue weighted by Crippen LogP contribution is -2.13. The minimum atomic E-state index is -0.708. The lowest BCUT2D eigenvalue weighted by molar-refractivity contribution is -0.384. The van der Waals surface area contributed by atoms with Crippen molar-refractivity contribution in [2.45, 2.75) is 6.61 Å². The number of non-ortho nitro benzene ring substituents is 1. The lowest BCUT2D eigenvalue weighted by atomic mass is 10.1. The zero-order valence-corrected chi connectivity index (χ0v) is 20.2. The topological polar surface area (TPSA) is 132 Å². The number of hydrogen-bond acceptors (Lipinski definition) is 7. The molecule has 3 aromatic carbocycles. The van der Waals surface area contributed by atoms with Gasteiger partial charge in [0.25, 0.3) is 11.6 Å². The number of nitro benzene ring substituents is 1. The van der Waals surface area contributed by atoms with Gasteiger partial charge in [0.15, 0.2) is 0 Å².